The van der Waals surface area contributed by atoms with E-state index in [-0.39, 0.29) is 49.9 Å². The van der Waals surface area contributed by atoms with Gasteiger partial charge in [-0.2, -0.15) is 4.73 Å². The average Bonchev–Trinajstić information content (AvgIpc) is 3.38. The summed E-state index contributed by atoms with van der Waals surface area (Å²) >= 11 is 0. The number of fused-ring (bicyclic) bond motifs is 2. The molecule has 4 rings (SSSR count). The Labute approximate surface area is 276 Å². The molecule has 45 heavy (non-hydrogen) atoms. The van der Waals surface area contributed by atoms with Crippen molar-refractivity contribution in [2.45, 2.75) is 102 Å². The molecule has 1 aromatic carbocycles. The van der Waals surface area contributed by atoms with Crippen molar-refractivity contribution in [2.24, 2.45) is 5.92 Å². The standard InChI is InChI=1S/C32H45N5O7.Li/c1-4-20(2)28-32(43)36-17-11-10-15-26(36)31(42)33-23(13-6-5-7-16-27(38)39)29(40)34-24(30(41)35-28)18-21-19-37(44-3)25-14-9-8-12-22(21)25;/h8-9,12,14,19-20,23-24,26,28H,4-7,10-11,13,15-18H2,1-3H3,(H,33,42)(H,34,40)(H,35,41)(H,38,39);/q;+1/p-1/t20?,23-,24-,26+,28-;/m0./s1. The number of hydrogen-bond acceptors (Lipinski definition) is 7. The van der Waals surface area contributed by atoms with Gasteiger partial charge in [0, 0.05) is 30.5 Å². The van der Waals surface area contributed by atoms with Gasteiger partial charge in [0.15, 0.2) is 0 Å². The summed E-state index contributed by atoms with van der Waals surface area (Å²) in [5, 5.41) is 20.4. The summed E-state index contributed by atoms with van der Waals surface area (Å²) in [6.07, 6.45) is 6.04. The molecule has 13 heteroatoms. The molecule has 0 bridgehead atoms. The predicted molar refractivity (Wildman–Crippen MR) is 161 cm³/mol. The molecule has 2 aromatic rings. The van der Waals surface area contributed by atoms with Crippen molar-refractivity contribution in [1.82, 2.24) is 25.6 Å². The molecule has 0 saturated carbocycles. The first kappa shape index (κ1) is 36.0. The number of carboxylic acid groups (broad SMARTS) is 1. The van der Waals surface area contributed by atoms with Crippen molar-refractivity contribution < 1.29 is 52.8 Å². The normalized spacial score (nSPS) is 23.4. The molecule has 240 valence electrons. The monoisotopic (exact) mass is 617 g/mol. The third-order valence-corrected chi connectivity index (χ3v) is 8.89. The van der Waals surface area contributed by atoms with Gasteiger partial charge in [-0.05, 0) is 56.1 Å². The van der Waals surface area contributed by atoms with Gasteiger partial charge in [-0.25, -0.2) is 0 Å². The van der Waals surface area contributed by atoms with Crippen molar-refractivity contribution in [2.75, 3.05) is 13.7 Å². The Bertz CT molecular complexity index is 1360. The van der Waals surface area contributed by atoms with Crippen LogP contribution in [0.5, 0.6) is 0 Å². The van der Waals surface area contributed by atoms with Crippen LogP contribution in [0.4, 0.5) is 0 Å². The maximum atomic E-state index is 14.0. The van der Waals surface area contributed by atoms with E-state index in [0.29, 0.717) is 38.6 Å². The molecule has 3 N–H and O–H groups in total. The summed E-state index contributed by atoms with van der Waals surface area (Å²) in [7, 11) is 1.54. The second kappa shape index (κ2) is 16.7. The van der Waals surface area contributed by atoms with E-state index in [1.807, 2.05) is 38.1 Å². The number of benzene rings is 1. The van der Waals surface area contributed by atoms with E-state index in [1.165, 1.54) is 7.11 Å². The van der Waals surface area contributed by atoms with Gasteiger partial charge in [-0.1, -0.05) is 51.3 Å². The Hall–Kier alpha value is -3.49. The number of carbonyl (C=O) groups excluding carboxylic acids is 5. The quantitative estimate of drug-likeness (QED) is 0.191. The molecular formula is C32H44LiN5O7. The smallest absolute Gasteiger partial charge is 0.550 e. The maximum Gasteiger partial charge on any atom is 1.00 e. The molecule has 0 radical (unpaired) electrons. The van der Waals surface area contributed by atoms with Crippen molar-refractivity contribution >= 4 is 40.5 Å². The number of aromatic nitrogens is 1. The van der Waals surface area contributed by atoms with Crippen LogP contribution in [-0.2, 0) is 30.4 Å². The fraction of sp³-hybridized carbons (Fsp3) is 0.594. The van der Waals surface area contributed by atoms with Gasteiger partial charge in [0.05, 0.1) is 5.52 Å². The van der Waals surface area contributed by atoms with Crippen LogP contribution >= 0.6 is 0 Å². The molecule has 0 aliphatic carbocycles. The summed E-state index contributed by atoms with van der Waals surface area (Å²) in [4.78, 5) is 73.3. The predicted octanol–water partition coefficient (Wildman–Crippen LogP) is -2.16. The van der Waals surface area contributed by atoms with E-state index >= 15 is 0 Å². The molecule has 2 saturated heterocycles. The van der Waals surface area contributed by atoms with Crippen LogP contribution < -0.4 is 44.8 Å². The molecule has 2 aliphatic rings. The molecule has 12 nitrogen and oxygen atoms in total. The third-order valence-electron chi connectivity index (χ3n) is 8.89. The van der Waals surface area contributed by atoms with Crippen LogP contribution in [-0.4, -0.2) is 77.1 Å². The van der Waals surface area contributed by atoms with Crippen molar-refractivity contribution in [3.05, 3.63) is 36.0 Å². The number of unbranched alkanes of at least 4 members (excludes halogenated alkanes) is 2. The second-order valence-electron chi connectivity index (χ2n) is 11.9. The summed E-state index contributed by atoms with van der Waals surface area (Å²) < 4.78 is 1.59. The topological polar surface area (TPSA) is 162 Å². The Balaban J connectivity index is 0.00000552. The van der Waals surface area contributed by atoms with Gasteiger partial charge in [-0.15, -0.1) is 0 Å². The number of piperidine rings is 1. The zero-order valence-electron chi connectivity index (χ0n) is 26.8. The average molecular weight is 618 g/mol. The van der Waals surface area contributed by atoms with Gasteiger partial charge in [0.1, 0.15) is 31.3 Å². The Kier molecular flexibility index (Phi) is 13.4. The molecule has 2 aliphatic heterocycles. The summed E-state index contributed by atoms with van der Waals surface area (Å²) in [5.74, 6) is -3.04. The molecule has 1 unspecified atom stereocenters. The minimum atomic E-state index is -1.14. The molecule has 3 heterocycles. The SMILES string of the molecule is CCC(C)[C@@H]1NC(=O)[C@H](Cc2cn(OC)c3ccccc23)NC(=O)[C@H](CCCCCC(=O)[O-])NC(=O)[C@H]2CCCCN2C1=O.[Li+]. The van der Waals surface area contributed by atoms with E-state index in [4.69, 9.17) is 4.84 Å². The van der Waals surface area contributed by atoms with Gasteiger partial charge >= 0.3 is 18.9 Å². The number of carboxylic acids is 1. The fourth-order valence-electron chi connectivity index (χ4n) is 6.15. The first-order valence-electron chi connectivity index (χ1n) is 15.7. The van der Waals surface area contributed by atoms with Crippen LogP contribution in [0.3, 0.4) is 0 Å². The number of amides is 4. The van der Waals surface area contributed by atoms with Crippen LogP contribution in [0.25, 0.3) is 10.9 Å². The summed E-state index contributed by atoms with van der Waals surface area (Å²) in [6.45, 7) is 4.22. The third kappa shape index (κ3) is 8.82. The number of aliphatic carboxylic acids is 1. The number of para-hydroxylation sites is 1. The van der Waals surface area contributed by atoms with Gasteiger partial charge in [-0.3, -0.25) is 19.2 Å². The van der Waals surface area contributed by atoms with Gasteiger partial charge in [0.2, 0.25) is 23.6 Å². The van der Waals surface area contributed by atoms with E-state index in [0.717, 1.165) is 29.3 Å². The maximum absolute atomic E-state index is 14.0. The summed E-state index contributed by atoms with van der Waals surface area (Å²) in [6, 6.07) is 3.93. The number of rotatable bonds is 11. The molecule has 1 aromatic heterocycles. The Morgan fingerprint density at radius 1 is 1.00 bits per heavy atom. The molecule has 0 spiro atoms. The van der Waals surface area contributed by atoms with E-state index < -0.39 is 47.9 Å². The van der Waals surface area contributed by atoms with Crippen LogP contribution in [0.1, 0.15) is 77.2 Å². The van der Waals surface area contributed by atoms with Crippen molar-refractivity contribution in [1.29, 1.82) is 0 Å². The number of carbonyl (C=O) groups is 5. The van der Waals surface area contributed by atoms with E-state index in [1.54, 1.807) is 15.8 Å². The Morgan fingerprint density at radius 3 is 2.42 bits per heavy atom. The largest absolute Gasteiger partial charge is 1.00 e. The van der Waals surface area contributed by atoms with Gasteiger partial charge in [0.25, 0.3) is 0 Å². The second-order valence-corrected chi connectivity index (χ2v) is 11.9. The molecule has 4 amide bonds. The fourth-order valence-corrected chi connectivity index (χ4v) is 6.15. The minimum Gasteiger partial charge on any atom is -0.550 e. The number of nitrogens with one attached hydrogen (secondary N) is 3. The minimum absolute atomic E-state index is 0. The Morgan fingerprint density at radius 2 is 1.71 bits per heavy atom. The molecular weight excluding hydrogens is 573 g/mol. The summed E-state index contributed by atoms with van der Waals surface area (Å²) in [5.41, 5.74) is 1.57. The molecule has 2 fully saturated rings. The first-order chi connectivity index (χ1) is 21.1. The first-order valence-corrected chi connectivity index (χ1v) is 15.7. The van der Waals surface area contributed by atoms with E-state index in [2.05, 4.69) is 16.0 Å². The van der Waals surface area contributed by atoms with E-state index in [9.17, 15) is 29.1 Å². The van der Waals surface area contributed by atoms with Crippen LogP contribution in [0.15, 0.2) is 30.5 Å². The molecule has 5 atom stereocenters. The van der Waals surface area contributed by atoms with Gasteiger partial charge < -0.3 is 35.6 Å². The van der Waals surface area contributed by atoms with Crippen molar-refractivity contribution in [3.63, 3.8) is 0 Å². The zero-order valence-corrected chi connectivity index (χ0v) is 26.8. The zero-order chi connectivity index (χ0) is 31.8. The number of nitrogens with zero attached hydrogens (tertiary/aromatic N) is 2. The van der Waals surface area contributed by atoms with Crippen LogP contribution in [0.2, 0.25) is 0 Å². The van der Waals surface area contributed by atoms with Crippen LogP contribution in [0, 0.1) is 5.92 Å². The number of hydrogen-bond donors (Lipinski definition) is 3. The van der Waals surface area contributed by atoms with Crippen molar-refractivity contribution in [3.8, 4) is 0 Å².